The first-order chi connectivity index (χ1) is 12.7. The van der Waals surface area contributed by atoms with Crippen molar-refractivity contribution in [3.8, 4) is 11.5 Å². The molecule has 3 rings (SSSR count). The summed E-state index contributed by atoms with van der Waals surface area (Å²) in [6, 6.07) is 10.4. The molecule has 1 aliphatic heterocycles. The van der Waals surface area contributed by atoms with Crippen LogP contribution in [0.25, 0.3) is 6.08 Å². The smallest absolute Gasteiger partial charge is 0.337 e. The molecule has 5 nitrogen and oxygen atoms in total. The molecule has 0 bridgehead atoms. The van der Waals surface area contributed by atoms with E-state index < -0.39 is 23.5 Å². The van der Waals surface area contributed by atoms with Crippen LogP contribution in [0.5, 0.6) is 11.5 Å². The molecule has 2 aromatic rings. The average molecular weight is 366 g/mol. The molecule has 1 atom stereocenters. The molecule has 0 aliphatic carbocycles. The quantitative estimate of drug-likeness (QED) is 0.737. The van der Waals surface area contributed by atoms with E-state index in [2.05, 4.69) is 6.58 Å². The minimum absolute atomic E-state index is 0.344. The molecule has 0 saturated carbocycles. The number of hydrogen-bond donors (Lipinski definition) is 0. The highest BCUT2D eigenvalue weighted by molar-refractivity contribution is 5.92. The molecule has 0 spiro atoms. The van der Waals surface area contributed by atoms with Crippen LogP contribution in [0, 0.1) is 0 Å². The van der Waals surface area contributed by atoms with Crippen LogP contribution in [0.2, 0.25) is 0 Å². The third-order valence-electron chi connectivity index (χ3n) is 4.18. The van der Waals surface area contributed by atoms with Gasteiger partial charge in [0, 0.05) is 11.1 Å². The third-order valence-corrected chi connectivity index (χ3v) is 4.18. The highest BCUT2D eigenvalue weighted by atomic mass is 16.6. The van der Waals surface area contributed by atoms with Crippen molar-refractivity contribution in [1.29, 1.82) is 0 Å². The molecule has 0 N–H and O–H groups in total. The van der Waals surface area contributed by atoms with Crippen molar-refractivity contribution in [3.63, 3.8) is 0 Å². The number of carbonyl (C=O) groups excluding carboxylic acids is 2. The predicted octanol–water partition coefficient (Wildman–Crippen LogP) is 4.70. The van der Waals surface area contributed by atoms with Crippen LogP contribution < -0.4 is 4.74 Å². The standard InChI is InChI=1S/C22H22O5/c1-6-13-7-9-17-15(11-13)19(21(24)27-22(2,3)4)16-12-14(20(23)25-5)8-10-18(16)26-17/h6-12,19H,1H2,2-5H3. The van der Waals surface area contributed by atoms with Gasteiger partial charge in [-0.2, -0.15) is 0 Å². The Kier molecular flexibility index (Phi) is 4.79. The molecule has 2 aromatic carbocycles. The van der Waals surface area contributed by atoms with Crippen LogP contribution in [0.3, 0.4) is 0 Å². The second-order valence-electron chi connectivity index (χ2n) is 7.31. The zero-order valence-corrected chi connectivity index (χ0v) is 15.9. The highest BCUT2D eigenvalue weighted by Gasteiger charge is 2.36. The Morgan fingerprint density at radius 3 is 2.30 bits per heavy atom. The first-order valence-electron chi connectivity index (χ1n) is 8.63. The van der Waals surface area contributed by atoms with E-state index in [9.17, 15) is 9.59 Å². The maximum absolute atomic E-state index is 13.1. The summed E-state index contributed by atoms with van der Waals surface area (Å²) < 4.78 is 16.4. The summed E-state index contributed by atoms with van der Waals surface area (Å²) in [5.74, 6) is -0.512. The van der Waals surface area contributed by atoms with Gasteiger partial charge in [0.05, 0.1) is 12.7 Å². The summed E-state index contributed by atoms with van der Waals surface area (Å²) in [6.07, 6.45) is 1.70. The van der Waals surface area contributed by atoms with Crippen molar-refractivity contribution in [3.05, 3.63) is 65.2 Å². The highest BCUT2D eigenvalue weighted by Crippen LogP contribution is 2.46. The molecule has 0 fully saturated rings. The first-order valence-corrected chi connectivity index (χ1v) is 8.63. The molecule has 0 aromatic heterocycles. The Morgan fingerprint density at radius 2 is 1.70 bits per heavy atom. The first kappa shape index (κ1) is 18.7. The zero-order chi connectivity index (χ0) is 19.8. The minimum Gasteiger partial charge on any atom is -0.465 e. The monoisotopic (exact) mass is 366 g/mol. The van der Waals surface area contributed by atoms with E-state index in [0.29, 0.717) is 28.2 Å². The lowest BCUT2D eigenvalue weighted by Crippen LogP contribution is -2.29. The number of carbonyl (C=O) groups is 2. The van der Waals surface area contributed by atoms with Crippen molar-refractivity contribution < 1.29 is 23.8 Å². The van der Waals surface area contributed by atoms with Gasteiger partial charge in [-0.3, -0.25) is 4.79 Å². The fraction of sp³-hybridized carbons (Fsp3) is 0.273. The SMILES string of the molecule is C=Cc1ccc2c(c1)C(C(=O)OC(C)(C)C)c1cc(C(=O)OC)ccc1O2. The molecule has 1 aliphatic rings. The van der Waals surface area contributed by atoms with E-state index in [1.807, 2.05) is 32.9 Å². The summed E-state index contributed by atoms with van der Waals surface area (Å²) in [5.41, 5.74) is 1.80. The Labute approximate surface area is 158 Å². The second-order valence-corrected chi connectivity index (χ2v) is 7.31. The Hall–Kier alpha value is -3.08. The molecule has 140 valence electrons. The Morgan fingerprint density at radius 1 is 1.07 bits per heavy atom. The molecule has 0 saturated heterocycles. The molecular formula is C22H22O5. The third kappa shape index (κ3) is 3.72. The van der Waals surface area contributed by atoms with Gasteiger partial charge >= 0.3 is 11.9 Å². The summed E-state index contributed by atoms with van der Waals surface area (Å²) in [7, 11) is 1.31. The van der Waals surface area contributed by atoms with Gasteiger partial charge in [0.15, 0.2) is 0 Å². The molecule has 0 amide bonds. The molecule has 27 heavy (non-hydrogen) atoms. The summed E-state index contributed by atoms with van der Waals surface area (Å²) in [6.45, 7) is 9.23. The van der Waals surface area contributed by atoms with Crippen LogP contribution in [0.1, 0.15) is 53.7 Å². The van der Waals surface area contributed by atoms with Crippen LogP contribution in [0.4, 0.5) is 0 Å². The lowest BCUT2D eigenvalue weighted by Gasteiger charge is -2.30. The number of hydrogen-bond acceptors (Lipinski definition) is 5. The average Bonchev–Trinajstić information content (AvgIpc) is 2.62. The van der Waals surface area contributed by atoms with Gasteiger partial charge in [-0.05, 0) is 56.7 Å². The van der Waals surface area contributed by atoms with Crippen LogP contribution in [-0.2, 0) is 14.3 Å². The lowest BCUT2D eigenvalue weighted by atomic mass is 9.86. The van der Waals surface area contributed by atoms with E-state index in [0.717, 1.165) is 5.56 Å². The van der Waals surface area contributed by atoms with Gasteiger partial charge in [0.1, 0.15) is 23.0 Å². The number of ether oxygens (including phenoxy) is 3. The van der Waals surface area contributed by atoms with Crippen molar-refractivity contribution >= 4 is 18.0 Å². The minimum atomic E-state index is -0.715. The van der Waals surface area contributed by atoms with Crippen LogP contribution in [0.15, 0.2) is 43.0 Å². The summed E-state index contributed by atoms with van der Waals surface area (Å²) >= 11 is 0. The van der Waals surface area contributed by atoms with Gasteiger partial charge in [-0.25, -0.2) is 4.79 Å². The fourth-order valence-corrected chi connectivity index (χ4v) is 3.02. The Balaban J connectivity index is 2.17. The van der Waals surface area contributed by atoms with Gasteiger partial charge in [0.2, 0.25) is 0 Å². The largest absolute Gasteiger partial charge is 0.465 e. The second kappa shape index (κ2) is 6.91. The van der Waals surface area contributed by atoms with E-state index in [1.54, 1.807) is 30.3 Å². The molecule has 5 heteroatoms. The number of rotatable bonds is 3. The van der Waals surface area contributed by atoms with Crippen molar-refractivity contribution in [1.82, 2.24) is 0 Å². The number of methoxy groups -OCH3 is 1. The van der Waals surface area contributed by atoms with Crippen molar-refractivity contribution in [2.24, 2.45) is 0 Å². The van der Waals surface area contributed by atoms with E-state index >= 15 is 0 Å². The van der Waals surface area contributed by atoms with Crippen LogP contribution in [-0.4, -0.2) is 24.6 Å². The number of esters is 2. The molecular weight excluding hydrogens is 344 g/mol. The van der Waals surface area contributed by atoms with Gasteiger partial charge in [-0.1, -0.05) is 18.7 Å². The van der Waals surface area contributed by atoms with Gasteiger partial charge < -0.3 is 14.2 Å². The number of fused-ring (bicyclic) bond motifs is 2. The zero-order valence-electron chi connectivity index (χ0n) is 15.9. The predicted molar refractivity (Wildman–Crippen MR) is 102 cm³/mol. The Bertz CT molecular complexity index is 921. The van der Waals surface area contributed by atoms with Crippen LogP contribution >= 0.6 is 0 Å². The van der Waals surface area contributed by atoms with E-state index in [-0.39, 0.29) is 0 Å². The molecule has 1 heterocycles. The topological polar surface area (TPSA) is 61.8 Å². The van der Waals surface area contributed by atoms with Gasteiger partial charge in [-0.15, -0.1) is 0 Å². The fourth-order valence-electron chi connectivity index (χ4n) is 3.02. The maximum Gasteiger partial charge on any atom is 0.337 e. The summed E-state index contributed by atoms with van der Waals surface area (Å²) in [4.78, 5) is 25.0. The maximum atomic E-state index is 13.1. The van der Waals surface area contributed by atoms with E-state index in [4.69, 9.17) is 14.2 Å². The lowest BCUT2D eigenvalue weighted by molar-refractivity contribution is -0.155. The van der Waals surface area contributed by atoms with Gasteiger partial charge in [0.25, 0.3) is 0 Å². The summed E-state index contributed by atoms with van der Waals surface area (Å²) in [5, 5.41) is 0. The number of benzene rings is 2. The van der Waals surface area contributed by atoms with Crippen molar-refractivity contribution in [2.45, 2.75) is 32.3 Å². The van der Waals surface area contributed by atoms with Crippen molar-refractivity contribution in [2.75, 3.05) is 7.11 Å². The van der Waals surface area contributed by atoms with E-state index in [1.165, 1.54) is 7.11 Å². The molecule has 1 unspecified atom stereocenters. The molecule has 0 radical (unpaired) electrons. The normalized spacial score (nSPS) is 15.0.